The molecular weight excluding hydrogens is 290 g/mol. The summed E-state index contributed by atoms with van der Waals surface area (Å²) in [6, 6.07) is 0. The van der Waals surface area contributed by atoms with E-state index in [9.17, 15) is 19.5 Å². The number of esters is 1. The van der Waals surface area contributed by atoms with Gasteiger partial charge in [0.15, 0.2) is 5.60 Å². The number of rotatable bonds is 7. The summed E-state index contributed by atoms with van der Waals surface area (Å²) >= 11 is 0. The predicted octanol–water partition coefficient (Wildman–Crippen LogP) is -0.444. The van der Waals surface area contributed by atoms with Crippen LogP contribution in [0.4, 0.5) is 0 Å². The number of hydrogen-bond donors (Lipinski definition) is 4. The van der Waals surface area contributed by atoms with Gasteiger partial charge >= 0.3 is 17.9 Å². The van der Waals surface area contributed by atoms with Crippen molar-refractivity contribution in [2.24, 2.45) is 0 Å². The number of hydrogen-bond acceptors (Lipinski definition) is 6. The van der Waals surface area contributed by atoms with Gasteiger partial charge in [-0.3, -0.25) is 9.59 Å². The summed E-state index contributed by atoms with van der Waals surface area (Å²) in [6.07, 6.45) is -0.747. The molecule has 1 unspecified atom stereocenters. The van der Waals surface area contributed by atoms with Gasteiger partial charge in [-0.15, -0.1) is 0 Å². The summed E-state index contributed by atoms with van der Waals surface area (Å²) in [4.78, 5) is 32.0. The van der Waals surface area contributed by atoms with Crippen molar-refractivity contribution in [1.82, 2.24) is 6.15 Å². The molecular formula is C9H15FeNO7. The Morgan fingerprint density at radius 2 is 1.72 bits per heavy atom. The van der Waals surface area contributed by atoms with Gasteiger partial charge in [0.25, 0.3) is 0 Å². The van der Waals surface area contributed by atoms with Crippen LogP contribution in [0.1, 0.15) is 12.8 Å². The number of ether oxygens (including phenoxy) is 1. The van der Waals surface area contributed by atoms with Gasteiger partial charge in [0.2, 0.25) is 0 Å². The molecule has 0 heterocycles. The molecule has 0 spiro atoms. The summed E-state index contributed by atoms with van der Waals surface area (Å²) in [5.74, 6) is -4.32. The van der Waals surface area contributed by atoms with Crippen molar-refractivity contribution >= 4 is 17.9 Å². The predicted molar refractivity (Wildman–Crippen MR) is 55.6 cm³/mol. The minimum atomic E-state index is -2.65. The second kappa shape index (κ2) is 9.60. The number of carboxylic acid groups (broad SMARTS) is 2. The molecule has 0 aliphatic heterocycles. The number of aliphatic hydroxyl groups is 1. The molecule has 8 nitrogen and oxygen atoms in total. The third kappa shape index (κ3) is 7.80. The zero-order chi connectivity index (χ0) is 12.8. The molecule has 0 aliphatic rings. The maximum absolute atomic E-state index is 11.0. The first-order valence-corrected chi connectivity index (χ1v) is 4.26. The van der Waals surface area contributed by atoms with Crippen molar-refractivity contribution in [3.8, 4) is 0 Å². The van der Waals surface area contributed by atoms with E-state index in [0.29, 0.717) is 0 Å². The van der Waals surface area contributed by atoms with E-state index in [2.05, 4.69) is 11.3 Å². The Morgan fingerprint density at radius 3 is 2.06 bits per heavy atom. The molecule has 0 amide bonds. The number of carbonyl (C=O) groups is 3. The van der Waals surface area contributed by atoms with E-state index >= 15 is 0 Å². The minimum absolute atomic E-state index is 0. The molecule has 0 bridgehead atoms. The molecule has 0 aromatic heterocycles. The second-order valence-corrected chi connectivity index (χ2v) is 3.06. The van der Waals surface area contributed by atoms with E-state index in [1.54, 1.807) is 0 Å². The minimum Gasteiger partial charge on any atom is -0.481 e. The third-order valence-electron chi connectivity index (χ3n) is 1.64. The third-order valence-corrected chi connectivity index (χ3v) is 1.64. The van der Waals surface area contributed by atoms with Crippen molar-refractivity contribution in [2.45, 2.75) is 18.4 Å². The van der Waals surface area contributed by atoms with Crippen LogP contribution in [0.15, 0.2) is 12.7 Å². The average molecular weight is 305 g/mol. The average Bonchev–Trinajstić information content (AvgIpc) is 2.12. The Balaban J connectivity index is -0.00000112. The van der Waals surface area contributed by atoms with Crippen molar-refractivity contribution in [3.63, 3.8) is 0 Å². The largest absolute Gasteiger partial charge is 0.481 e. The fraction of sp³-hybridized carbons (Fsp3) is 0.444. The van der Waals surface area contributed by atoms with E-state index in [1.807, 2.05) is 0 Å². The molecule has 0 fully saturated rings. The first-order valence-electron chi connectivity index (χ1n) is 4.26. The maximum atomic E-state index is 11.0. The molecule has 9 heteroatoms. The molecule has 0 radical (unpaired) electrons. The van der Waals surface area contributed by atoms with Crippen LogP contribution in [0, 0.1) is 0 Å². The van der Waals surface area contributed by atoms with Gasteiger partial charge in [-0.1, -0.05) is 12.7 Å². The van der Waals surface area contributed by atoms with E-state index in [-0.39, 0.29) is 29.8 Å². The fourth-order valence-corrected chi connectivity index (χ4v) is 0.906. The molecule has 0 aliphatic carbocycles. The first kappa shape index (κ1) is 21.8. The molecule has 6 N–H and O–H groups in total. The van der Waals surface area contributed by atoms with Crippen molar-refractivity contribution < 1.29 is 51.5 Å². The van der Waals surface area contributed by atoms with E-state index in [0.717, 1.165) is 0 Å². The zero-order valence-corrected chi connectivity index (χ0v) is 10.5. The summed E-state index contributed by atoms with van der Waals surface area (Å²) in [7, 11) is 0. The van der Waals surface area contributed by atoms with Crippen LogP contribution in [-0.4, -0.2) is 45.4 Å². The number of carbonyl (C=O) groups excluding carboxylic acids is 1. The van der Waals surface area contributed by atoms with Crippen LogP contribution >= 0.6 is 0 Å². The van der Waals surface area contributed by atoms with E-state index in [4.69, 9.17) is 10.2 Å². The molecule has 0 aromatic rings. The molecule has 0 saturated heterocycles. The van der Waals surface area contributed by atoms with Gasteiger partial charge < -0.3 is 26.2 Å². The molecule has 0 rings (SSSR count). The second-order valence-electron chi connectivity index (χ2n) is 3.06. The van der Waals surface area contributed by atoms with Crippen LogP contribution in [0.5, 0.6) is 0 Å². The standard InChI is InChI=1S/C9H12O7.Fe.H3N/c1-2-3-16-7(12)5-9(15,8(13)14)4-6(10)11;;/h2,15H,1,3-5H2,(H,10,11)(H,13,14);;1H3. The van der Waals surface area contributed by atoms with Crippen LogP contribution < -0.4 is 6.15 Å². The molecule has 1 atom stereocenters. The van der Waals surface area contributed by atoms with Crippen LogP contribution in [0.3, 0.4) is 0 Å². The Morgan fingerprint density at radius 1 is 1.22 bits per heavy atom. The topological polar surface area (TPSA) is 156 Å². The normalized spacial score (nSPS) is 12.1. The van der Waals surface area contributed by atoms with Crippen molar-refractivity contribution in [1.29, 1.82) is 0 Å². The van der Waals surface area contributed by atoms with Crippen LogP contribution in [0.25, 0.3) is 0 Å². The van der Waals surface area contributed by atoms with Crippen molar-refractivity contribution in [3.05, 3.63) is 12.7 Å². The number of aliphatic carboxylic acids is 2. The smallest absolute Gasteiger partial charge is 0.336 e. The van der Waals surface area contributed by atoms with Gasteiger partial charge in [0, 0.05) is 17.1 Å². The Hall–Kier alpha value is -1.41. The monoisotopic (exact) mass is 305 g/mol. The van der Waals surface area contributed by atoms with Crippen LogP contribution in [-0.2, 0) is 36.2 Å². The van der Waals surface area contributed by atoms with Gasteiger partial charge in [-0.05, 0) is 0 Å². The fourth-order valence-electron chi connectivity index (χ4n) is 0.906. The molecule has 106 valence electrons. The quantitative estimate of drug-likeness (QED) is 0.280. The van der Waals surface area contributed by atoms with Crippen molar-refractivity contribution in [2.75, 3.05) is 6.61 Å². The van der Waals surface area contributed by atoms with E-state index < -0.39 is 36.4 Å². The van der Waals surface area contributed by atoms with Gasteiger partial charge in [0.05, 0.1) is 12.8 Å². The first-order chi connectivity index (χ1) is 7.31. The molecule has 0 saturated carbocycles. The molecule has 0 aromatic carbocycles. The Labute approximate surface area is 114 Å². The van der Waals surface area contributed by atoms with Gasteiger partial charge in [0.1, 0.15) is 6.61 Å². The SMILES string of the molecule is C=CCOC(=O)CC(O)(CC(=O)O)C(=O)O.N.[Fe]. The van der Waals surface area contributed by atoms with Gasteiger partial charge in [-0.2, -0.15) is 0 Å². The summed E-state index contributed by atoms with van der Waals surface area (Å²) in [6.45, 7) is 3.13. The summed E-state index contributed by atoms with van der Waals surface area (Å²) in [5, 5.41) is 26.4. The number of carboxylic acids is 2. The van der Waals surface area contributed by atoms with Crippen LogP contribution in [0.2, 0.25) is 0 Å². The summed E-state index contributed by atoms with van der Waals surface area (Å²) in [5.41, 5.74) is -2.65. The van der Waals surface area contributed by atoms with E-state index in [1.165, 1.54) is 6.08 Å². The summed E-state index contributed by atoms with van der Waals surface area (Å²) < 4.78 is 4.45. The zero-order valence-electron chi connectivity index (χ0n) is 9.44. The molecule has 18 heavy (non-hydrogen) atoms. The Bertz CT molecular complexity index is 320. The maximum Gasteiger partial charge on any atom is 0.336 e. The van der Waals surface area contributed by atoms with Gasteiger partial charge in [-0.25, -0.2) is 4.79 Å². The Kier molecular flexibility index (Phi) is 11.6.